The van der Waals surface area contributed by atoms with Gasteiger partial charge in [-0.15, -0.1) is 0 Å². The zero-order valence-corrected chi connectivity index (χ0v) is 15.3. The van der Waals surface area contributed by atoms with Crippen molar-refractivity contribution in [3.63, 3.8) is 0 Å². The van der Waals surface area contributed by atoms with Gasteiger partial charge in [-0.3, -0.25) is 0 Å². The Morgan fingerprint density at radius 2 is 2.08 bits per heavy atom. The van der Waals surface area contributed by atoms with Gasteiger partial charge in [0.1, 0.15) is 11.7 Å². The van der Waals surface area contributed by atoms with Gasteiger partial charge < -0.3 is 15.4 Å². The van der Waals surface area contributed by atoms with Gasteiger partial charge in [0.2, 0.25) is 0 Å². The Morgan fingerprint density at radius 1 is 1.38 bits per heavy atom. The molecule has 9 heteroatoms. The van der Waals surface area contributed by atoms with E-state index in [0.717, 1.165) is 10.2 Å². The molecule has 0 saturated heterocycles. The Bertz CT molecular complexity index is 831. The molecule has 0 radical (unpaired) electrons. The van der Waals surface area contributed by atoms with E-state index >= 15 is 0 Å². The lowest BCUT2D eigenvalue weighted by molar-refractivity contribution is -0.136. The van der Waals surface area contributed by atoms with Crippen molar-refractivity contribution in [3.05, 3.63) is 51.9 Å². The molecule has 0 bridgehead atoms. The van der Waals surface area contributed by atoms with Gasteiger partial charge >= 0.3 is 5.97 Å². The number of rotatable bonds is 3. The number of nitrogens with one attached hydrogen (secondary N) is 2. The van der Waals surface area contributed by atoms with E-state index in [2.05, 4.69) is 36.8 Å². The van der Waals surface area contributed by atoms with Crippen LogP contribution in [-0.4, -0.2) is 33.2 Å². The molecule has 1 aromatic carbocycles. The molecule has 0 spiro atoms. The number of allylic oxidation sites excluding steroid dienone is 1. The monoisotopic (exact) mass is 407 g/mol. The Hall–Kier alpha value is -2.26. The second-order valence-electron chi connectivity index (χ2n) is 5.10. The fourth-order valence-electron chi connectivity index (χ4n) is 2.40. The van der Waals surface area contributed by atoms with E-state index in [4.69, 9.17) is 17.0 Å². The first-order valence-corrected chi connectivity index (χ1v) is 8.24. The van der Waals surface area contributed by atoms with Gasteiger partial charge in [-0.25, -0.2) is 4.79 Å². The maximum atomic E-state index is 12.1. The van der Waals surface area contributed by atoms with Gasteiger partial charge in [-0.1, -0.05) is 15.9 Å². The van der Waals surface area contributed by atoms with Crippen molar-refractivity contribution in [2.75, 3.05) is 7.11 Å². The molecule has 2 aromatic rings. The molecular formula is C15H14BrN5O2S. The summed E-state index contributed by atoms with van der Waals surface area (Å²) >= 11 is 8.57. The van der Waals surface area contributed by atoms with Crippen LogP contribution in [0.1, 0.15) is 18.7 Å². The maximum absolute atomic E-state index is 12.1. The first-order valence-electron chi connectivity index (χ1n) is 7.04. The molecule has 1 aliphatic rings. The summed E-state index contributed by atoms with van der Waals surface area (Å²) in [6.07, 6.45) is 1.60. The molecule has 0 fully saturated rings. The maximum Gasteiger partial charge on any atom is 0.338 e. The SMILES string of the molecule is COC(=O)C1=C(C)NC(=S)NC1c1cnn(-c2ccc(Br)cc2)n1. The van der Waals surface area contributed by atoms with E-state index in [9.17, 15) is 4.79 Å². The number of carbonyl (C=O) groups is 1. The molecule has 1 unspecified atom stereocenters. The summed E-state index contributed by atoms with van der Waals surface area (Å²) in [6.45, 7) is 1.77. The fraction of sp³-hybridized carbons (Fsp3) is 0.200. The molecule has 2 heterocycles. The third-order valence-electron chi connectivity index (χ3n) is 3.54. The third-order valence-corrected chi connectivity index (χ3v) is 4.29. The standard InChI is InChI=1S/C15H14BrN5O2S/c1-8-12(14(22)23-2)13(19-15(24)18-8)11-7-17-21(20-11)10-5-3-9(16)4-6-10/h3-7,13H,1-2H3,(H2,18,19,24). The molecular weight excluding hydrogens is 394 g/mol. The summed E-state index contributed by atoms with van der Waals surface area (Å²) in [5, 5.41) is 15.1. The molecule has 0 aliphatic carbocycles. The molecule has 7 nitrogen and oxygen atoms in total. The number of halogens is 1. The highest BCUT2D eigenvalue weighted by atomic mass is 79.9. The number of aromatic nitrogens is 3. The van der Waals surface area contributed by atoms with Crippen LogP contribution in [0.2, 0.25) is 0 Å². The zero-order chi connectivity index (χ0) is 17.3. The van der Waals surface area contributed by atoms with Crippen molar-refractivity contribution in [2.45, 2.75) is 13.0 Å². The largest absolute Gasteiger partial charge is 0.466 e. The fourth-order valence-corrected chi connectivity index (χ4v) is 2.94. The third kappa shape index (κ3) is 3.17. The van der Waals surface area contributed by atoms with E-state index in [1.165, 1.54) is 11.9 Å². The molecule has 24 heavy (non-hydrogen) atoms. The van der Waals surface area contributed by atoms with Crippen molar-refractivity contribution in [1.82, 2.24) is 25.6 Å². The Morgan fingerprint density at radius 3 is 2.75 bits per heavy atom. The summed E-state index contributed by atoms with van der Waals surface area (Å²) in [5.74, 6) is -0.446. The predicted molar refractivity (Wildman–Crippen MR) is 95.4 cm³/mol. The second kappa shape index (κ2) is 6.70. The lowest BCUT2D eigenvalue weighted by Gasteiger charge is -2.27. The van der Waals surface area contributed by atoms with Crippen LogP contribution in [0.25, 0.3) is 5.69 Å². The number of ether oxygens (including phenoxy) is 1. The molecule has 124 valence electrons. The molecule has 1 aromatic heterocycles. The van der Waals surface area contributed by atoms with Crippen molar-refractivity contribution < 1.29 is 9.53 Å². The van der Waals surface area contributed by atoms with E-state index in [-0.39, 0.29) is 0 Å². The van der Waals surface area contributed by atoms with E-state index in [1.54, 1.807) is 13.1 Å². The topological polar surface area (TPSA) is 81.1 Å². The first-order chi connectivity index (χ1) is 11.5. The van der Waals surface area contributed by atoms with E-state index in [1.807, 2.05) is 24.3 Å². The minimum Gasteiger partial charge on any atom is -0.466 e. The van der Waals surface area contributed by atoms with Crippen molar-refractivity contribution >= 4 is 39.2 Å². The number of methoxy groups -OCH3 is 1. The molecule has 0 saturated carbocycles. The van der Waals surface area contributed by atoms with Crippen LogP contribution >= 0.6 is 28.1 Å². The van der Waals surface area contributed by atoms with Crippen molar-refractivity contribution in [2.24, 2.45) is 0 Å². The molecule has 1 atom stereocenters. The average molecular weight is 408 g/mol. The van der Waals surface area contributed by atoms with Gasteiger partial charge in [0.25, 0.3) is 0 Å². The highest BCUT2D eigenvalue weighted by molar-refractivity contribution is 9.10. The summed E-state index contributed by atoms with van der Waals surface area (Å²) in [6, 6.07) is 7.06. The molecule has 1 aliphatic heterocycles. The van der Waals surface area contributed by atoms with Gasteiger partial charge in [-0.2, -0.15) is 15.0 Å². The van der Waals surface area contributed by atoms with Crippen LogP contribution in [0.3, 0.4) is 0 Å². The summed E-state index contributed by atoms with van der Waals surface area (Å²) in [7, 11) is 1.34. The molecule has 3 rings (SSSR count). The normalized spacial score (nSPS) is 17.3. The van der Waals surface area contributed by atoms with Crippen LogP contribution in [0.4, 0.5) is 0 Å². The zero-order valence-electron chi connectivity index (χ0n) is 12.9. The van der Waals surface area contributed by atoms with Gasteiger partial charge in [-0.05, 0) is 43.4 Å². The summed E-state index contributed by atoms with van der Waals surface area (Å²) < 4.78 is 5.84. The van der Waals surface area contributed by atoms with E-state index in [0.29, 0.717) is 22.1 Å². The quantitative estimate of drug-likeness (QED) is 0.594. The van der Waals surface area contributed by atoms with Crippen LogP contribution in [-0.2, 0) is 9.53 Å². The highest BCUT2D eigenvalue weighted by Gasteiger charge is 2.32. The Labute approximate surface area is 152 Å². The lowest BCUT2D eigenvalue weighted by Crippen LogP contribution is -2.45. The number of benzene rings is 1. The van der Waals surface area contributed by atoms with Crippen molar-refractivity contribution in [1.29, 1.82) is 0 Å². The summed E-state index contributed by atoms with van der Waals surface area (Å²) in [5.41, 5.74) is 2.44. The number of carbonyl (C=O) groups excluding carboxylic acids is 1. The second-order valence-corrected chi connectivity index (χ2v) is 6.42. The number of thiocarbonyl (C=S) groups is 1. The van der Waals surface area contributed by atoms with Crippen molar-refractivity contribution in [3.8, 4) is 5.69 Å². The van der Waals surface area contributed by atoms with Gasteiger partial charge in [0, 0.05) is 10.2 Å². The van der Waals surface area contributed by atoms with Gasteiger partial charge in [0.05, 0.1) is 24.6 Å². The lowest BCUT2D eigenvalue weighted by atomic mass is 10.0. The first kappa shape index (κ1) is 16.6. The Kier molecular flexibility index (Phi) is 4.63. The minimum absolute atomic E-state index is 0.420. The average Bonchev–Trinajstić information content (AvgIpc) is 3.04. The molecule has 2 N–H and O–H groups in total. The minimum atomic E-state index is -0.518. The van der Waals surface area contributed by atoms with E-state index < -0.39 is 12.0 Å². The Balaban J connectivity index is 1.98. The number of nitrogens with zero attached hydrogens (tertiary/aromatic N) is 3. The molecule has 0 amide bonds. The van der Waals surface area contributed by atoms with Crippen LogP contribution in [0.15, 0.2) is 46.2 Å². The van der Waals surface area contributed by atoms with Crippen LogP contribution < -0.4 is 10.6 Å². The van der Waals surface area contributed by atoms with Gasteiger partial charge in [0.15, 0.2) is 5.11 Å². The number of esters is 1. The smallest absolute Gasteiger partial charge is 0.338 e. The highest BCUT2D eigenvalue weighted by Crippen LogP contribution is 2.26. The number of hydrogen-bond acceptors (Lipinski definition) is 5. The predicted octanol–water partition coefficient (Wildman–Crippen LogP) is 2.00. The van der Waals surface area contributed by atoms with Crippen LogP contribution in [0.5, 0.6) is 0 Å². The van der Waals surface area contributed by atoms with Crippen LogP contribution in [0, 0.1) is 0 Å². The summed E-state index contributed by atoms with van der Waals surface area (Å²) in [4.78, 5) is 13.6. The number of hydrogen-bond donors (Lipinski definition) is 2.